The van der Waals surface area contributed by atoms with Crippen LogP contribution in [0.1, 0.15) is 17.2 Å². The molecule has 0 aromatic heterocycles. The van der Waals surface area contributed by atoms with Gasteiger partial charge < -0.3 is 5.73 Å². The fourth-order valence-electron chi connectivity index (χ4n) is 1.73. The lowest BCUT2D eigenvalue weighted by molar-refractivity contribution is 0.443. The van der Waals surface area contributed by atoms with Crippen molar-refractivity contribution in [2.24, 2.45) is 5.73 Å². The Labute approximate surface area is 105 Å². The van der Waals surface area contributed by atoms with Crippen LogP contribution < -0.4 is 5.73 Å². The molecule has 0 bridgehead atoms. The van der Waals surface area contributed by atoms with Crippen molar-refractivity contribution in [3.05, 3.63) is 70.5 Å². The second-order valence-electron chi connectivity index (χ2n) is 3.91. The molecule has 0 heterocycles. The summed E-state index contributed by atoms with van der Waals surface area (Å²) in [6, 6.07) is 2.84. The molecule has 0 aliphatic heterocycles. The van der Waals surface area contributed by atoms with Crippen LogP contribution in [0, 0.1) is 29.1 Å². The van der Waals surface area contributed by atoms with E-state index in [-0.39, 0.29) is 5.56 Å². The Morgan fingerprint density at radius 3 is 1.74 bits per heavy atom. The highest BCUT2D eigenvalue weighted by Gasteiger charge is 2.21. The van der Waals surface area contributed by atoms with Crippen LogP contribution >= 0.6 is 0 Å². The largest absolute Gasteiger partial charge is 0.320 e. The Kier molecular flexibility index (Phi) is 3.53. The highest BCUT2D eigenvalue weighted by atomic mass is 19.2. The summed E-state index contributed by atoms with van der Waals surface area (Å²) in [5, 5.41) is 0. The van der Waals surface area contributed by atoms with E-state index in [1.54, 1.807) is 0 Å². The van der Waals surface area contributed by atoms with Crippen molar-refractivity contribution in [3.8, 4) is 0 Å². The zero-order chi connectivity index (χ0) is 14.2. The molecule has 6 heteroatoms. The van der Waals surface area contributed by atoms with Gasteiger partial charge in [-0.05, 0) is 29.8 Å². The summed E-state index contributed by atoms with van der Waals surface area (Å²) in [6.45, 7) is 0. The van der Waals surface area contributed by atoms with Crippen molar-refractivity contribution >= 4 is 0 Å². The van der Waals surface area contributed by atoms with E-state index >= 15 is 0 Å². The van der Waals surface area contributed by atoms with Gasteiger partial charge in [-0.15, -0.1) is 0 Å². The minimum atomic E-state index is -1.66. The summed E-state index contributed by atoms with van der Waals surface area (Å²) < 4.78 is 65.9. The first-order chi connectivity index (χ1) is 8.91. The van der Waals surface area contributed by atoms with Gasteiger partial charge >= 0.3 is 0 Å². The second kappa shape index (κ2) is 4.97. The van der Waals surface area contributed by atoms with Gasteiger partial charge in [-0.25, -0.2) is 22.0 Å². The molecule has 0 saturated carbocycles. The maximum atomic E-state index is 13.5. The number of nitrogens with two attached hydrogens (primary N) is 1. The SMILES string of the molecule is NC(c1cc(F)c(F)c(F)c1)c1c(F)cccc1F. The van der Waals surface area contributed by atoms with E-state index in [1.165, 1.54) is 0 Å². The van der Waals surface area contributed by atoms with Crippen LogP contribution in [0.3, 0.4) is 0 Å². The summed E-state index contributed by atoms with van der Waals surface area (Å²) in [7, 11) is 0. The number of hydrogen-bond acceptors (Lipinski definition) is 1. The predicted octanol–water partition coefficient (Wildman–Crippen LogP) is 3.43. The lowest BCUT2D eigenvalue weighted by Crippen LogP contribution is -2.16. The van der Waals surface area contributed by atoms with Crippen molar-refractivity contribution in [2.45, 2.75) is 6.04 Å². The van der Waals surface area contributed by atoms with Gasteiger partial charge in [-0.1, -0.05) is 6.07 Å². The lowest BCUT2D eigenvalue weighted by atomic mass is 9.98. The summed E-state index contributed by atoms with van der Waals surface area (Å²) >= 11 is 0. The summed E-state index contributed by atoms with van der Waals surface area (Å²) in [6.07, 6.45) is 0. The van der Waals surface area contributed by atoms with Crippen molar-refractivity contribution < 1.29 is 22.0 Å². The minimum absolute atomic E-state index is 0.264. The summed E-state index contributed by atoms with van der Waals surface area (Å²) in [5.74, 6) is -6.50. The van der Waals surface area contributed by atoms with Crippen LogP contribution in [0.25, 0.3) is 0 Å². The van der Waals surface area contributed by atoms with Gasteiger partial charge in [0.25, 0.3) is 0 Å². The van der Waals surface area contributed by atoms with E-state index < -0.39 is 40.7 Å². The number of benzene rings is 2. The molecule has 2 N–H and O–H groups in total. The molecule has 2 aromatic carbocycles. The van der Waals surface area contributed by atoms with E-state index in [4.69, 9.17) is 5.73 Å². The van der Waals surface area contributed by atoms with Crippen molar-refractivity contribution in [3.63, 3.8) is 0 Å². The quantitative estimate of drug-likeness (QED) is 0.658. The first-order valence-corrected chi connectivity index (χ1v) is 5.25. The third-order valence-corrected chi connectivity index (χ3v) is 2.68. The molecule has 19 heavy (non-hydrogen) atoms. The van der Waals surface area contributed by atoms with Gasteiger partial charge in [0, 0.05) is 5.56 Å². The van der Waals surface area contributed by atoms with Crippen LogP contribution in [-0.4, -0.2) is 0 Å². The van der Waals surface area contributed by atoms with Gasteiger partial charge in [-0.2, -0.15) is 0 Å². The molecule has 0 aliphatic carbocycles. The number of halogens is 5. The third kappa shape index (κ3) is 2.44. The van der Waals surface area contributed by atoms with Crippen LogP contribution in [-0.2, 0) is 0 Å². The summed E-state index contributed by atoms with van der Waals surface area (Å²) in [5.41, 5.74) is 4.77. The third-order valence-electron chi connectivity index (χ3n) is 2.68. The van der Waals surface area contributed by atoms with E-state index in [0.29, 0.717) is 12.1 Å². The van der Waals surface area contributed by atoms with Crippen molar-refractivity contribution in [1.82, 2.24) is 0 Å². The van der Waals surface area contributed by atoms with Crippen LogP contribution in [0.4, 0.5) is 22.0 Å². The summed E-state index contributed by atoms with van der Waals surface area (Å²) in [4.78, 5) is 0. The molecule has 1 nitrogen and oxygen atoms in total. The van der Waals surface area contributed by atoms with Crippen LogP contribution in [0.5, 0.6) is 0 Å². The first kappa shape index (κ1) is 13.5. The monoisotopic (exact) mass is 273 g/mol. The maximum absolute atomic E-state index is 13.5. The van der Waals surface area contributed by atoms with Gasteiger partial charge in [0.2, 0.25) is 0 Å². The highest BCUT2D eigenvalue weighted by Crippen LogP contribution is 2.26. The van der Waals surface area contributed by atoms with Gasteiger partial charge in [0.15, 0.2) is 17.5 Å². The van der Waals surface area contributed by atoms with E-state index in [1.807, 2.05) is 0 Å². The van der Waals surface area contributed by atoms with Gasteiger partial charge in [0.1, 0.15) is 11.6 Å². The van der Waals surface area contributed by atoms with Crippen LogP contribution in [0.15, 0.2) is 30.3 Å². The van der Waals surface area contributed by atoms with E-state index in [9.17, 15) is 22.0 Å². The molecule has 2 rings (SSSR count). The van der Waals surface area contributed by atoms with Gasteiger partial charge in [-0.3, -0.25) is 0 Å². The molecule has 0 saturated heterocycles. The van der Waals surface area contributed by atoms with Gasteiger partial charge in [0.05, 0.1) is 6.04 Å². The topological polar surface area (TPSA) is 26.0 Å². The molecular formula is C13H8F5N. The normalized spacial score (nSPS) is 12.5. The molecular weight excluding hydrogens is 265 g/mol. The Morgan fingerprint density at radius 1 is 0.789 bits per heavy atom. The Morgan fingerprint density at radius 2 is 1.26 bits per heavy atom. The molecule has 1 unspecified atom stereocenters. The van der Waals surface area contributed by atoms with E-state index in [0.717, 1.165) is 18.2 Å². The molecule has 0 fully saturated rings. The molecule has 0 spiro atoms. The zero-order valence-corrected chi connectivity index (χ0v) is 9.43. The fourth-order valence-corrected chi connectivity index (χ4v) is 1.73. The van der Waals surface area contributed by atoms with E-state index in [2.05, 4.69) is 0 Å². The zero-order valence-electron chi connectivity index (χ0n) is 9.43. The first-order valence-electron chi connectivity index (χ1n) is 5.25. The molecule has 1 atom stereocenters. The van der Waals surface area contributed by atoms with Crippen molar-refractivity contribution in [1.29, 1.82) is 0 Å². The van der Waals surface area contributed by atoms with Crippen LogP contribution in [0.2, 0.25) is 0 Å². The second-order valence-corrected chi connectivity index (χ2v) is 3.91. The smallest absolute Gasteiger partial charge is 0.194 e. The maximum Gasteiger partial charge on any atom is 0.194 e. The predicted molar refractivity (Wildman–Crippen MR) is 58.7 cm³/mol. The molecule has 0 amide bonds. The minimum Gasteiger partial charge on any atom is -0.320 e. The Balaban J connectivity index is 2.53. The Bertz CT molecular complexity index is 583. The van der Waals surface area contributed by atoms with Crippen molar-refractivity contribution in [2.75, 3.05) is 0 Å². The average Bonchev–Trinajstić information content (AvgIpc) is 2.35. The number of hydrogen-bond donors (Lipinski definition) is 1. The standard InChI is InChI=1S/C13H8F5N/c14-7-2-1-3-8(15)11(7)13(19)6-4-9(16)12(18)10(17)5-6/h1-5,13H,19H2. The molecule has 0 aliphatic rings. The average molecular weight is 273 g/mol. The lowest BCUT2D eigenvalue weighted by Gasteiger charge is -2.14. The molecule has 100 valence electrons. The molecule has 0 radical (unpaired) electrons. The highest BCUT2D eigenvalue weighted by molar-refractivity contribution is 5.34. The Hall–Kier alpha value is -1.95. The number of rotatable bonds is 2. The fraction of sp³-hybridized carbons (Fsp3) is 0.0769. The molecule has 2 aromatic rings.